The van der Waals surface area contributed by atoms with Gasteiger partial charge in [0, 0.05) is 12.3 Å². The third-order valence-corrected chi connectivity index (χ3v) is 2.61. The highest BCUT2D eigenvalue weighted by Crippen LogP contribution is 2.20. The lowest BCUT2D eigenvalue weighted by atomic mass is 9.96. The van der Waals surface area contributed by atoms with Crippen molar-refractivity contribution >= 4 is 11.9 Å². The van der Waals surface area contributed by atoms with E-state index in [1.807, 2.05) is 6.92 Å². The number of carbonyl (C=O) groups is 1. The van der Waals surface area contributed by atoms with Crippen LogP contribution in [-0.4, -0.2) is 35.7 Å². The number of esters is 1. The van der Waals surface area contributed by atoms with Gasteiger partial charge >= 0.3 is 5.97 Å². The number of aromatic nitrogens is 2. The van der Waals surface area contributed by atoms with E-state index in [1.165, 1.54) is 14.2 Å². The van der Waals surface area contributed by atoms with Crippen LogP contribution in [0.25, 0.3) is 0 Å². The van der Waals surface area contributed by atoms with Crippen molar-refractivity contribution in [3.8, 4) is 5.88 Å². The van der Waals surface area contributed by atoms with E-state index in [9.17, 15) is 4.79 Å². The van der Waals surface area contributed by atoms with Crippen LogP contribution in [0.15, 0.2) is 12.3 Å². The molecular formula is C12H19N3O3. The van der Waals surface area contributed by atoms with Gasteiger partial charge < -0.3 is 14.8 Å². The van der Waals surface area contributed by atoms with Crippen molar-refractivity contribution in [2.75, 3.05) is 19.5 Å². The van der Waals surface area contributed by atoms with Gasteiger partial charge in [0.1, 0.15) is 5.54 Å². The van der Waals surface area contributed by atoms with Gasteiger partial charge in [-0.05, 0) is 13.3 Å². The van der Waals surface area contributed by atoms with Crippen LogP contribution in [0.2, 0.25) is 0 Å². The fourth-order valence-electron chi connectivity index (χ4n) is 1.70. The zero-order valence-electron chi connectivity index (χ0n) is 11.2. The predicted octanol–water partition coefficient (Wildman–Crippen LogP) is 1.63. The summed E-state index contributed by atoms with van der Waals surface area (Å²) in [5.41, 5.74) is -0.837. The predicted molar refractivity (Wildman–Crippen MR) is 67.5 cm³/mol. The number of methoxy groups -OCH3 is 2. The Balaban J connectivity index is 2.92. The van der Waals surface area contributed by atoms with Gasteiger partial charge in [-0.1, -0.05) is 13.3 Å². The zero-order valence-corrected chi connectivity index (χ0v) is 11.2. The minimum absolute atomic E-state index is 0.337. The van der Waals surface area contributed by atoms with Crippen LogP contribution >= 0.6 is 0 Å². The van der Waals surface area contributed by atoms with E-state index in [1.54, 1.807) is 19.2 Å². The van der Waals surface area contributed by atoms with Gasteiger partial charge in [-0.25, -0.2) is 9.78 Å². The molecule has 0 spiro atoms. The first-order valence-electron chi connectivity index (χ1n) is 5.79. The highest BCUT2D eigenvalue weighted by atomic mass is 16.5. The molecule has 1 unspecified atom stereocenters. The molecule has 1 aromatic heterocycles. The molecule has 0 aliphatic carbocycles. The maximum atomic E-state index is 11.8. The molecule has 0 saturated heterocycles. The van der Waals surface area contributed by atoms with Crippen molar-refractivity contribution < 1.29 is 14.3 Å². The molecular weight excluding hydrogens is 234 g/mol. The average Bonchev–Trinajstić information content (AvgIpc) is 2.38. The Morgan fingerprint density at radius 3 is 2.78 bits per heavy atom. The molecule has 6 nitrogen and oxygen atoms in total. The third kappa shape index (κ3) is 3.32. The van der Waals surface area contributed by atoms with Crippen LogP contribution in [0.1, 0.15) is 26.7 Å². The lowest BCUT2D eigenvalue weighted by Gasteiger charge is -2.27. The Morgan fingerprint density at radius 2 is 2.22 bits per heavy atom. The third-order valence-electron chi connectivity index (χ3n) is 2.61. The minimum atomic E-state index is -0.837. The Bertz CT molecular complexity index is 411. The fraction of sp³-hybridized carbons (Fsp3) is 0.583. The number of nitrogens with zero attached hydrogens (tertiary/aromatic N) is 2. The quantitative estimate of drug-likeness (QED) is 0.777. The van der Waals surface area contributed by atoms with Gasteiger partial charge in [0.2, 0.25) is 11.8 Å². The molecule has 1 heterocycles. The number of rotatable bonds is 6. The lowest BCUT2D eigenvalue weighted by Crippen LogP contribution is -2.44. The van der Waals surface area contributed by atoms with Crippen molar-refractivity contribution in [1.82, 2.24) is 9.97 Å². The fourth-order valence-corrected chi connectivity index (χ4v) is 1.70. The van der Waals surface area contributed by atoms with E-state index in [4.69, 9.17) is 9.47 Å². The number of nitrogens with one attached hydrogen (secondary N) is 1. The highest BCUT2D eigenvalue weighted by molar-refractivity contribution is 5.83. The van der Waals surface area contributed by atoms with Crippen LogP contribution in [0.4, 0.5) is 5.95 Å². The van der Waals surface area contributed by atoms with Crippen molar-refractivity contribution in [1.29, 1.82) is 0 Å². The van der Waals surface area contributed by atoms with E-state index >= 15 is 0 Å². The second kappa shape index (κ2) is 6.18. The number of anilines is 1. The molecule has 0 saturated carbocycles. The van der Waals surface area contributed by atoms with Gasteiger partial charge in [-0.2, -0.15) is 4.98 Å². The summed E-state index contributed by atoms with van der Waals surface area (Å²) in [4.78, 5) is 20.0. The maximum absolute atomic E-state index is 11.8. The largest absolute Gasteiger partial charge is 0.481 e. The standard InChI is InChI=1S/C12H19N3O3/c1-5-7-12(2,10(16)18-4)15-11-13-8-6-9(14-11)17-3/h6,8H,5,7H2,1-4H3,(H,13,14,15). The molecule has 0 bridgehead atoms. The highest BCUT2D eigenvalue weighted by Gasteiger charge is 2.34. The molecule has 1 atom stereocenters. The molecule has 0 radical (unpaired) electrons. The summed E-state index contributed by atoms with van der Waals surface area (Å²) in [6.07, 6.45) is 3.03. The molecule has 18 heavy (non-hydrogen) atoms. The Labute approximate surface area is 107 Å². The minimum Gasteiger partial charge on any atom is -0.481 e. The molecule has 1 aromatic rings. The van der Waals surface area contributed by atoms with Crippen LogP contribution in [0, 0.1) is 0 Å². The Kier molecular flexibility index (Phi) is 4.88. The van der Waals surface area contributed by atoms with Crippen molar-refractivity contribution in [3.63, 3.8) is 0 Å². The first kappa shape index (κ1) is 14.2. The maximum Gasteiger partial charge on any atom is 0.331 e. The average molecular weight is 253 g/mol. The van der Waals surface area contributed by atoms with Crippen LogP contribution in [0.5, 0.6) is 5.88 Å². The summed E-state index contributed by atoms with van der Waals surface area (Å²) >= 11 is 0. The van der Waals surface area contributed by atoms with E-state index in [0.29, 0.717) is 18.2 Å². The number of ether oxygens (including phenoxy) is 2. The Hall–Kier alpha value is -1.85. The summed E-state index contributed by atoms with van der Waals surface area (Å²) in [5, 5.41) is 3.00. The molecule has 0 fully saturated rings. The second-order valence-electron chi connectivity index (χ2n) is 4.12. The second-order valence-corrected chi connectivity index (χ2v) is 4.12. The Morgan fingerprint density at radius 1 is 1.50 bits per heavy atom. The topological polar surface area (TPSA) is 73.3 Å². The number of carbonyl (C=O) groups excluding carboxylic acids is 1. The van der Waals surface area contributed by atoms with E-state index in [2.05, 4.69) is 15.3 Å². The van der Waals surface area contributed by atoms with Crippen LogP contribution < -0.4 is 10.1 Å². The van der Waals surface area contributed by atoms with E-state index in [0.717, 1.165) is 6.42 Å². The molecule has 100 valence electrons. The van der Waals surface area contributed by atoms with E-state index < -0.39 is 5.54 Å². The van der Waals surface area contributed by atoms with E-state index in [-0.39, 0.29) is 5.97 Å². The van der Waals surface area contributed by atoms with Gasteiger partial charge in [0.15, 0.2) is 0 Å². The monoisotopic (exact) mass is 253 g/mol. The zero-order chi connectivity index (χ0) is 13.6. The first-order valence-corrected chi connectivity index (χ1v) is 5.79. The van der Waals surface area contributed by atoms with Crippen LogP contribution in [-0.2, 0) is 9.53 Å². The molecule has 6 heteroatoms. The van der Waals surface area contributed by atoms with Gasteiger partial charge in [0.05, 0.1) is 14.2 Å². The number of hydrogen-bond acceptors (Lipinski definition) is 6. The number of hydrogen-bond donors (Lipinski definition) is 1. The summed E-state index contributed by atoms with van der Waals surface area (Å²) in [6.45, 7) is 3.76. The summed E-state index contributed by atoms with van der Waals surface area (Å²) in [5.74, 6) is 0.447. The summed E-state index contributed by atoms with van der Waals surface area (Å²) < 4.78 is 9.82. The van der Waals surface area contributed by atoms with Gasteiger partial charge in [-0.3, -0.25) is 0 Å². The molecule has 1 rings (SSSR count). The lowest BCUT2D eigenvalue weighted by molar-refractivity contribution is -0.145. The van der Waals surface area contributed by atoms with Gasteiger partial charge in [-0.15, -0.1) is 0 Å². The SMILES string of the molecule is CCCC(C)(Nc1nccc(OC)n1)C(=O)OC. The van der Waals surface area contributed by atoms with Gasteiger partial charge in [0.25, 0.3) is 0 Å². The summed E-state index contributed by atoms with van der Waals surface area (Å²) in [6, 6.07) is 1.64. The normalized spacial score (nSPS) is 13.6. The molecule has 1 N–H and O–H groups in total. The molecule has 0 aliphatic heterocycles. The summed E-state index contributed by atoms with van der Waals surface area (Å²) in [7, 11) is 2.89. The smallest absolute Gasteiger partial charge is 0.331 e. The molecule has 0 aliphatic rings. The van der Waals surface area contributed by atoms with Crippen molar-refractivity contribution in [2.24, 2.45) is 0 Å². The first-order chi connectivity index (χ1) is 8.55. The van der Waals surface area contributed by atoms with Crippen LogP contribution in [0.3, 0.4) is 0 Å². The van der Waals surface area contributed by atoms with Crippen molar-refractivity contribution in [2.45, 2.75) is 32.2 Å². The molecule has 0 amide bonds. The van der Waals surface area contributed by atoms with Crippen molar-refractivity contribution in [3.05, 3.63) is 12.3 Å². The molecule has 0 aromatic carbocycles.